The van der Waals surface area contributed by atoms with Crippen molar-refractivity contribution in [1.82, 2.24) is 10.2 Å². The van der Waals surface area contributed by atoms with Gasteiger partial charge in [-0.1, -0.05) is 0 Å². The molecule has 0 aromatic carbocycles. The van der Waals surface area contributed by atoms with Crippen LogP contribution in [0.15, 0.2) is 0 Å². The van der Waals surface area contributed by atoms with E-state index >= 15 is 0 Å². The molecule has 0 unspecified atom stereocenters. The number of hydrogen-bond donors (Lipinski definition) is 1. The Balaban J connectivity index is 2.17. The Morgan fingerprint density at radius 2 is 1.70 bits per heavy atom. The number of ether oxygens (including phenoxy) is 1. The van der Waals surface area contributed by atoms with Crippen LogP contribution in [0, 0.1) is 0 Å². The molecule has 0 saturated carbocycles. The molecule has 20 heavy (non-hydrogen) atoms. The zero-order chi connectivity index (χ0) is 15.2. The summed E-state index contributed by atoms with van der Waals surface area (Å²) in [6, 6.07) is 0. The molecule has 0 aromatic rings. The Hall–Kier alpha value is -1.59. The number of likely N-dealkylation sites (tertiary alicyclic amines) is 1. The van der Waals surface area contributed by atoms with Gasteiger partial charge >= 0.3 is 5.97 Å². The van der Waals surface area contributed by atoms with Crippen molar-refractivity contribution in [3.63, 3.8) is 0 Å². The van der Waals surface area contributed by atoms with E-state index in [0.29, 0.717) is 0 Å². The van der Waals surface area contributed by atoms with E-state index < -0.39 is 11.6 Å². The van der Waals surface area contributed by atoms with Gasteiger partial charge in [0.15, 0.2) is 0 Å². The van der Waals surface area contributed by atoms with Crippen molar-refractivity contribution in [1.29, 1.82) is 0 Å². The molecule has 1 N–H and O–H groups in total. The van der Waals surface area contributed by atoms with Crippen molar-refractivity contribution in [3.05, 3.63) is 0 Å². The molecule has 2 amide bonds. The highest BCUT2D eigenvalue weighted by Crippen LogP contribution is 2.09. The fourth-order valence-corrected chi connectivity index (χ4v) is 1.95. The third-order valence-electron chi connectivity index (χ3n) is 2.87. The lowest BCUT2D eigenvalue weighted by molar-refractivity contribution is -0.155. The molecule has 1 heterocycles. The minimum absolute atomic E-state index is 0.00710. The first-order chi connectivity index (χ1) is 9.28. The molecule has 0 atom stereocenters. The van der Waals surface area contributed by atoms with Gasteiger partial charge in [0.25, 0.3) is 0 Å². The molecule has 1 aliphatic rings. The quantitative estimate of drug-likeness (QED) is 0.759. The predicted molar refractivity (Wildman–Crippen MR) is 73.9 cm³/mol. The second kappa shape index (κ2) is 7.26. The summed E-state index contributed by atoms with van der Waals surface area (Å²) < 4.78 is 5.10. The Morgan fingerprint density at radius 3 is 2.25 bits per heavy atom. The van der Waals surface area contributed by atoms with E-state index in [4.69, 9.17) is 4.74 Å². The van der Waals surface area contributed by atoms with Gasteiger partial charge in [0.2, 0.25) is 11.8 Å². The Bertz CT molecular complexity index is 368. The maximum absolute atomic E-state index is 11.7. The van der Waals surface area contributed by atoms with Gasteiger partial charge in [0, 0.05) is 19.5 Å². The molecule has 0 spiro atoms. The molecule has 0 aromatic heterocycles. The first-order valence-electron chi connectivity index (χ1n) is 7.04. The van der Waals surface area contributed by atoms with Gasteiger partial charge in [-0.15, -0.1) is 0 Å². The summed E-state index contributed by atoms with van der Waals surface area (Å²) in [5.74, 6) is -0.768. The van der Waals surface area contributed by atoms with Gasteiger partial charge in [0.05, 0.1) is 13.0 Å². The maximum Gasteiger partial charge on any atom is 0.306 e. The lowest BCUT2D eigenvalue weighted by Crippen LogP contribution is -2.38. The highest BCUT2D eigenvalue weighted by Gasteiger charge is 2.19. The van der Waals surface area contributed by atoms with Crippen molar-refractivity contribution < 1.29 is 19.1 Å². The van der Waals surface area contributed by atoms with Gasteiger partial charge in [0.1, 0.15) is 5.60 Å². The minimum atomic E-state index is -0.542. The van der Waals surface area contributed by atoms with Crippen molar-refractivity contribution in [3.8, 4) is 0 Å². The summed E-state index contributed by atoms with van der Waals surface area (Å²) in [5.41, 5.74) is -0.542. The van der Waals surface area contributed by atoms with Gasteiger partial charge in [-0.05, 0) is 33.6 Å². The van der Waals surface area contributed by atoms with Crippen molar-refractivity contribution in [2.75, 3.05) is 19.6 Å². The fourth-order valence-electron chi connectivity index (χ4n) is 1.95. The van der Waals surface area contributed by atoms with Crippen LogP contribution in [0.25, 0.3) is 0 Å². The van der Waals surface area contributed by atoms with E-state index in [1.807, 2.05) is 0 Å². The largest absolute Gasteiger partial charge is 0.460 e. The molecule has 0 bridgehead atoms. The van der Waals surface area contributed by atoms with Crippen molar-refractivity contribution in [2.24, 2.45) is 0 Å². The summed E-state index contributed by atoms with van der Waals surface area (Å²) in [4.78, 5) is 36.4. The zero-order valence-corrected chi connectivity index (χ0v) is 12.5. The topological polar surface area (TPSA) is 75.7 Å². The fraction of sp³-hybridized carbons (Fsp3) is 0.786. The number of hydrogen-bond acceptors (Lipinski definition) is 4. The number of esters is 1. The lowest BCUT2D eigenvalue weighted by Gasteiger charge is -2.19. The monoisotopic (exact) mass is 284 g/mol. The summed E-state index contributed by atoms with van der Waals surface area (Å²) >= 11 is 0. The first kappa shape index (κ1) is 16.5. The van der Waals surface area contributed by atoms with Crippen molar-refractivity contribution in [2.45, 2.75) is 52.1 Å². The van der Waals surface area contributed by atoms with Gasteiger partial charge in [-0.3, -0.25) is 14.4 Å². The van der Waals surface area contributed by atoms with Gasteiger partial charge in [-0.2, -0.15) is 0 Å². The van der Waals surface area contributed by atoms with E-state index in [9.17, 15) is 14.4 Å². The van der Waals surface area contributed by atoms with Crippen LogP contribution in [0.1, 0.15) is 46.5 Å². The molecular formula is C14H24N2O4. The van der Waals surface area contributed by atoms with Crippen LogP contribution in [0.2, 0.25) is 0 Å². The number of nitrogens with zero attached hydrogens (tertiary/aromatic N) is 1. The summed E-state index contributed by atoms with van der Waals surface area (Å²) in [6.45, 7) is 6.88. The van der Waals surface area contributed by atoms with Crippen LogP contribution in [-0.4, -0.2) is 47.9 Å². The summed E-state index contributed by atoms with van der Waals surface area (Å²) in [6.07, 6.45) is 2.12. The molecule has 1 aliphatic heterocycles. The Kier molecular flexibility index (Phi) is 5.98. The normalized spacial score (nSPS) is 15.1. The van der Waals surface area contributed by atoms with E-state index in [2.05, 4.69) is 5.32 Å². The number of nitrogens with one attached hydrogen (secondary N) is 1. The number of carbonyl (C=O) groups excluding carboxylic acids is 3. The molecular weight excluding hydrogens is 260 g/mol. The van der Waals surface area contributed by atoms with Gasteiger partial charge < -0.3 is 15.0 Å². The SMILES string of the molecule is CC(C)(C)OC(=O)CCC(=O)NCC(=O)N1CCCC1. The molecule has 6 heteroatoms. The third kappa shape index (κ3) is 6.54. The van der Waals surface area contributed by atoms with Crippen LogP contribution in [0.3, 0.4) is 0 Å². The average Bonchev–Trinajstić information content (AvgIpc) is 2.85. The van der Waals surface area contributed by atoms with Crippen molar-refractivity contribution >= 4 is 17.8 Å². The molecule has 1 rings (SSSR count). The number of carbonyl (C=O) groups is 3. The zero-order valence-electron chi connectivity index (χ0n) is 12.5. The summed E-state index contributed by atoms with van der Waals surface area (Å²) in [7, 11) is 0. The van der Waals surface area contributed by atoms with Gasteiger partial charge in [-0.25, -0.2) is 0 Å². The highest BCUT2D eigenvalue weighted by atomic mass is 16.6. The smallest absolute Gasteiger partial charge is 0.306 e. The molecule has 1 fully saturated rings. The van der Waals surface area contributed by atoms with Crippen LogP contribution in [-0.2, 0) is 19.1 Å². The molecule has 1 saturated heterocycles. The van der Waals surface area contributed by atoms with E-state index in [1.54, 1.807) is 25.7 Å². The van der Waals surface area contributed by atoms with Crippen LogP contribution >= 0.6 is 0 Å². The Labute approximate surface area is 119 Å². The lowest BCUT2D eigenvalue weighted by atomic mass is 10.2. The van der Waals surface area contributed by atoms with E-state index in [1.165, 1.54) is 0 Å². The molecule has 6 nitrogen and oxygen atoms in total. The molecule has 0 radical (unpaired) electrons. The predicted octanol–water partition coefficient (Wildman–Crippen LogP) is 0.847. The van der Waals surface area contributed by atoms with Crippen LogP contribution in [0.5, 0.6) is 0 Å². The average molecular weight is 284 g/mol. The number of rotatable bonds is 5. The third-order valence-corrected chi connectivity index (χ3v) is 2.87. The first-order valence-corrected chi connectivity index (χ1v) is 7.04. The Morgan fingerprint density at radius 1 is 1.10 bits per heavy atom. The minimum Gasteiger partial charge on any atom is -0.460 e. The number of amides is 2. The van der Waals surface area contributed by atoms with Crippen LogP contribution in [0.4, 0.5) is 0 Å². The maximum atomic E-state index is 11.7. The molecule has 114 valence electrons. The van der Waals surface area contributed by atoms with Crippen LogP contribution < -0.4 is 5.32 Å². The second-order valence-electron chi connectivity index (χ2n) is 5.95. The van der Waals surface area contributed by atoms with E-state index in [0.717, 1.165) is 25.9 Å². The second-order valence-corrected chi connectivity index (χ2v) is 5.95. The molecule has 0 aliphatic carbocycles. The standard InChI is InChI=1S/C14H24N2O4/c1-14(2,3)20-13(19)7-6-11(17)15-10-12(18)16-8-4-5-9-16/h4-10H2,1-3H3,(H,15,17). The summed E-state index contributed by atoms with van der Waals surface area (Å²) in [5, 5.41) is 2.54. The highest BCUT2D eigenvalue weighted by molar-refractivity contribution is 5.86. The van der Waals surface area contributed by atoms with E-state index in [-0.39, 0.29) is 31.2 Å².